The predicted molar refractivity (Wildman–Crippen MR) is 71.0 cm³/mol. The van der Waals surface area contributed by atoms with Crippen molar-refractivity contribution in [3.63, 3.8) is 0 Å². The molecule has 7 nitrogen and oxygen atoms in total. The highest BCUT2D eigenvalue weighted by Crippen LogP contribution is 2.27. The van der Waals surface area contributed by atoms with Gasteiger partial charge in [-0.05, 0) is 17.7 Å². The second-order valence-corrected chi connectivity index (χ2v) is 3.88. The number of carbonyl (C=O) groups is 2. The molecule has 2 amide bonds. The van der Waals surface area contributed by atoms with E-state index in [-0.39, 0.29) is 25.5 Å². The minimum Gasteiger partial charge on any atom is -0.493 e. The molecule has 7 heteroatoms. The summed E-state index contributed by atoms with van der Waals surface area (Å²) in [6.07, 6.45) is 0.275. The van der Waals surface area contributed by atoms with E-state index in [2.05, 4.69) is 10.9 Å². The lowest BCUT2D eigenvalue weighted by atomic mass is 10.2. The van der Waals surface area contributed by atoms with Crippen molar-refractivity contribution in [3.05, 3.63) is 23.8 Å². The summed E-state index contributed by atoms with van der Waals surface area (Å²) in [5.41, 5.74) is 5.13. The predicted octanol–water partition coefficient (Wildman–Crippen LogP) is 0.124. The number of hydrogen-bond acceptors (Lipinski definition) is 5. The van der Waals surface area contributed by atoms with Gasteiger partial charge in [0.05, 0.1) is 13.7 Å². The van der Waals surface area contributed by atoms with Gasteiger partial charge in [0, 0.05) is 6.42 Å². The van der Waals surface area contributed by atoms with Crippen LogP contribution in [0.15, 0.2) is 18.2 Å². The molecule has 0 saturated carbocycles. The Morgan fingerprint density at radius 3 is 2.50 bits per heavy atom. The Morgan fingerprint density at radius 1 is 1.20 bits per heavy atom. The smallest absolute Gasteiger partial charge is 0.276 e. The van der Waals surface area contributed by atoms with Gasteiger partial charge in [-0.15, -0.1) is 0 Å². The Bertz CT molecular complexity index is 476. The van der Waals surface area contributed by atoms with Crippen LogP contribution in [0.4, 0.5) is 0 Å². The van der Waals surface area contributed by atoms with Gasteiger partial charge in [0.2, 0.25) is 5.91 Å². The Balaban J connectivity index is 2.52. The molecule has 110 valence electrons. The quantitative estimate of drug-likeness (QED) is 0.644. The number of ether oxygens (including phenoxy) is 2. The van der Waals surface area contributed by atoms with Crippen LogP contribution in [0.5, 0.6) is 11.5 Å². The van der Waals surface area contributed by atoms with Gasteiger partial charge < -0.3 is 14.6 Å². The number of methoxy groups -OCH3 is 1. The third kappa shape index (κ3) is 4.77. The molecule has 0 bridgehead atoms. The van der Waals surface area contributed by atoms with E-state index in [1.54, 1.807) is 25.1 Å². The molecular weight excluding hydrogens is 264 g/mol. The van der Waals surface area contributed by atoms with E-state index in [1.165, 1.54) is 7.11 Å². The summed E-state index contributed by atoms with van der Waals surface area (Å²) in [6.45, 7) is 1.30. The zero-order chi connectivity index (χ0) is 15.0. The lowest BCUT2D eigenvalue weighted by Gasteiger charge is -2.12. The minimum atomic E-state index is -0.486. The van der Waals surface area contributed by atoms with Crippen molar-refractivity contribution in [3.8, 4) is 11.5 Å². The number of benzene rings is 1. The van der Waals surface area contributed by atoms with Crippen molar-refractivity contribution in [2.45, 2.75) is 20.0 Å². The number of hydrogen-bond donors (Lipinski definition) is 3. The molecule has 0 atom stereocenters. The minimum absolute atomic E-state index is 0.111. The maximum Gasteiger partial charge on any atom is 0.276 e. The fraction of sp³-hybridized carbons (Fsp3) is 0.385. The van der Waals surface area contributed by atoms with E-state index in [0.717, 1.165) is 0 Å². The van der Waals surface area contributed by atoms with Crippen molar-refractivity contribution in [2.24, 2.45) is 0 Å². The number of amides is 2. The second-order valence-electron chi connectivity index (χ2n) is 3.88. The average Bonchev–Trinajstić information content (AvgIpc) is 2.50. The molecule has 0 saturated heterocycles. The van der Waals surface area contributed by atoms with Crippen LogP contribution in [0.25, 0.3) is 0 Å². The normalized spacial score (nSPS) is 9.75. The highest BCUT2D eigenvalue weighted by atomic mass is 16.5. The van der Waals surface area contributed by atoms with Gasteiger partial charge in [-0.25, -0.2) is 0 Å². The van der Waals surface area contributed by atoms with Crippen molar-refractivity contribution < 1.29 is 24.2 Å². The Labute approximate surface area is 116 Å². The van der Waals surface area contributed by atoms with E-state index in [0.29, 0.717) is 17.1 Å². The first-order chi connectivity index (χ1) is 9.60. The van der Waals surface area contributed by atoms with Crippen molar-refractivity contribution in [1.82, 2.24) is 10.9 Å². The summed E-state index contributed by atoms with van der Waals surface area (Å²) in [4.78, 5) is 22.4. The molecule has 1 aromatic carbocycles. The summed E-state index contributed by atoms with van der Waals surface area (Å²) in [5, 5.41) is 9.01. The van der Waals surface area contributed by atoms with Crippen molar-refractivity contribution >= 4 is 11.8 Å². The lowest BCUT2D eigenvalue weighted by molar-refractivity contribution is -0.129. The fourth-order valence-electron chi connectivity index (χ4n) is 1.34. The van der Waals surface area contributed by atoms with E-state index in [4.69, 9.17) is 14.6 Å². The van der Waals surface area contributed by atoms with Crippen LogP contribution in [0.2, 0.25) is 0 Å². The zero-order valence-electron chi connectivity index (χ0n) is 11.4. The Morgan fingerprint density at radius 2 is 1.90 bits per heavy atom. The highest BCUT2D eigenvalue weighted by molar-refractivity contribution is 5.82. The van der Waals surface area contributed by atoms with Crippen LogP contribution in [0, 0.1) is 0 Å². The average molecular weight is 282 g/mol. The first kappa shape index (κ1) is 15.8. The molecule has 1 aromatic rings. The summed E-state index contributed by atoms with van der Waals surface area (Å²) < 4.78 is 10.4. The van der Waals surface area contributed by atoms with Gasteiger partial charge in [0.25, 0.3) is 5.91 Å². The third-order valence-electron chi connectivity index (χ3n) is 2.43. The van der Waals surface area contributed by atoms with Gasteiger partial charge in [-0.2, -0.15) is 0 Å². The van der Waals surface area contributed by atoms with Crippen LogP contribution in [-0.2, 0) is 16.2 Å². The van der Waals surface area contributed by atoms with Crippen LogP contribution in [-0.4, -0.2) is 30.6 Å². The van der Waals surface area contributed by atoms with Crippen LogP contribution in [0.3, 0.4) is 0 Å². The first-order valence-corrected chi connectivity index (χ1v) is 6.09. The van der Waals surface area contributed by atoms with Crippen LogP contribution in [0.1, 0.15) is 18.9 Å². The standard InChI is InChI=1S/C13H18N2O5/c1-3-12(17)14-15-13(18)8-20-10-5-4-9(7-16)6-11(10)19-2/h4-6,16H,3,7-8H2,1-2H3,(H,14,17)(H,15,18). The number of carbonyl (C=O) groups excluding carboxylic acids is 2. The molecule has 0 fully saturated rings. The molecular formula is C13H18N2O5. The first-order valence-electron chi connectivity index (χ1n) is 6.09. The molecule has 0 aliphatic heterocycles. The molecule has 0 heterocycles. The monoisotopic (exact) mass is 282 g/mol. The molecule has 0 unspecified atom stereocenters. The third-order valence-corrected chi connectivity index (χ3v) is 2.43. The summed E-state index contributed by atoms with van der Waals surface area (Å²) >= 11 is 0. The number of hydrazine groups is 1. The fourth-order valence-corrected chi connectivity index (χ4v) is 1.34. The van der Waals surface area contributed by atoms with E-state index in [1.807, 2.05) is 0 Å². The Hall–Kier alpha value is -2.28. The molecule has 1 rings (SSSR count). The number of rotatable bonds is 6. The maximum absolute atomic E-state index is 11.4. The molecule has 0 spiro atoms. The molecule has 0 aliphatic rings. The van der Waals surface area contributed by atoms with Gasteiger partial charge in [0.1, 0.15) is 0 Å². The SMILES string of the molecule is CCC(=O)NNC(=O)COc1ccc(CO)cc1OC. The summed E-state index contributed by atoms with van der Waals surface area (Å²) in [5.74, 6) is 0.0203. The van der Waals surface area contributed by atoms with E-state index < -0.39 is 5.91 Å². The molecule has 0 aromatic heterocycles. The largest absolute Gasteiger partial charge is 0.493 e. The van der Waals surface area contributed by atoms with Gasteiger partial charge in [-0.1, -0.05) is 13.0 Å². The summed E-state index contributed by atoms with van der Waals surface area (Å²) in [6, 6.07) is 4.88. The van der Waals surface area contributed by atoms with Crippen LogP contribution < -0.4 is 20.3 Å². The number of aliphatic hydroxyl groups is 1. The van der Waals surface area contributed by atoms with E-state index >= 15 is 0 Å². The molecule has 3 N–H and O–H groups in total. The lowest BCUT2D eigenvalue weighted by Crippen LogP contribution is -2.43. The number of nitrogens with one attached hydrogen (secondary N) is 2. The van der Waals surface area contributed by atoms with Gasteiger partial charge in [0.15, 0.2) is 18.1 Å². The van der Waals surface area contributed by atoms with Gasteiger partial charge >= 0.3 is 0 Å². The maximum atomic E-state index is 11.4. The topological polar surface area (TPSA) is 96.9 Å². The molecule has 0 radical (unpaired) electrons. The number of aliphatic hydroxyl groups excluding tert-OH is 1. The van der Waals surface area contributed by atoms with Crippen molar-refractivity contribution in [1.29, 1.82) is 0 Å². The second kappa shape index (κ2) is 8.00. The summed E-state index contributed by atoms with van der Waals surface area (Å²) in [7, 11) is 1.46. The van der Waals surface area contributed by atoms with Crippen molar-refractivity contribution in [2.75, 3.05) is 13.7 Å². The highest BCUT2D eigenvalue weighted by Gasteiger charge is 2.09. The molecule has 0 aliphatic carbocycles. The Kier molecular flexibility index (Phi) is 6.31. The van der Waals surface area contributed by atoms with Gasteiger partial charge in [-0.3, -0.25) is 20.4 Å². The molecule has 20 heavy (non-hydrogen) atoms. The van der Waals surface area contributed by atoms with Crippen LogP contribution >= 0.6 is 0 Å². The zero-order valence-corrected chi connectivity index (χ0v) is 11.4. The van der Waals surface area contributed by atoms with E-state index in [9.17, 15) is 9.59 Å².